The first-order chi connectivity index (χ1) is 17.6. The summed E-state index contributed by atoms with van der Waals surface area (Å²) in [6, 6.07) is 29.2. The zero-order valence-corrected chi connectivity index (χ0v) is 21.3. The molecule has 2 atom stereocenters. The summed E-state index contributed by atoms with van der Waals surface area (Å²) < 4.78 is 4.10. The van der Waals surface area contributed by atoms with Gasteiger partial charge in [0, 0.05) is 22.3 Å². The lowest BCUT2D eigenvalue weighted by Gasteiger charge is -2.14. The predicted molar refractivity (Wildman–Crippen MR) is 145 cm³/mol. The van der Waals surface area contributed by atoms with Crippen LogP contribution in [0.2, 0.25) is 0 Å². The highest BCUT2D eigenvalue weighted by Crippen LogP contribution is 2.31. The smallest absolute Gasteiger partial charge is 0.181 e. The molecule has 0 aliphatic rings. The maximum Gasteiger partial charge on any atom is 0.181 e. The van der Waals surface area contributed by atoms with Gasteiger partial charge < -0.3 is 0 Å². The number of aromatic nitrogens is 6. The fourth-order valence-corrected chi connectivity index (χ4v) is 4.22. The van der Waals surface area contributed by atoms with Crippen molar-refractivity contribution in [2.75, 3.05) is 0 Å². The lowest BCUT2D eigenvalue weighted by atomic mass is 10.1. The van der Waals surface area contributed by atoms with Gasteiger partial charge >= 0.3 is 0 Å². The third kappa shape index (κ3) is 4.59. The molecule has 2 heterocycles. The van der Waals surface area contributed by atoms with Crippen LogP contribution in [0.25, 0.3) is 45.6 Å². The molecule has 0 bridgehead atoms. The van der Waals surface area contributed by atoms with Crippen LogP contribution in [-0.2, 0) is 0 Å². The highest BCUT2D eigenvalue weighted by molar-refractivity contribution is 5.69. The first kappa shape index (κ1) is 23.7. The molecule has 3 aromatic carbocycles. The molecule has 0 amide bonds. The van der Waals surface area contributed by atoms with Crippen LogP contribution in [0.15, 0.2) is 84.9 Å². The van der Waals surface area contributed by atoms with E-state index < -0.39 is 0 Å². The molecule has 0 saturated carbocycles. The molecule has 0 spiro atoms. The average Bonchev–Trinajstić information content (AvgIpc) is 3.59. The van der Waals surface area contributed by atoms with E-state index >= 15 is 0 Å². The highest BCUT2D eigenvalue weighted by Gasteiger charge is 2.20. The van der Waals surface area contributed by atoms with Crippen molar-refractivity contribution in [3.05, 3.63) is 84.9 Å². The molecule has 0 aliphatic heterocycles. The van der Waals surface area contributed by atoms with Crippen molar-refractivity contribution in [2.24, 2.45) is 0 Å². The Balaban J connectivity index is 1.62. The van der Waals surface area contributed by atoms with Crippen LogP contribution in [0.3, 0.4) is 0 Å². The quantitative estimate of drug-likeness (QED) is 0.233. The van der Waals surface area contributed by atoms with E-state index in [-0.39, 0.29) is 12.1 Å². The summed E-state index contributed by atoms with van der Waals surface area (Å²) in [4.78, 5) is 9.98. The maximum absolute atomic E-state index is 4.99. The zero-order chi connectivity index (χ0) is 25.1. The summed E-state index contributed by atoms with van der Waals surface area (Å²) in [5.41, 5.74) is 4.06. The van der Waals surface area contributed by atoms with Crippen LogP contribution in [0, 0.1) is 0 Å². The van der Waals surface area contributed by atoms with E-state index in [2.05, 4.69) is 85.6 Å². The summed E-state index contributed by atoms with van der Waals surface area (Å²) in [5, 5.41) is 9.81. The van der Waals surface area contributed by atoms with Gasteiger partial charge in [0.1, 0.15) is 0 Å². The molecule has 6 heteroatoms. The second-order valence-corrected chi connectivity index (χ2v) is 9.23. The van der Waals surface area contributed by atoms with Crippen molar-refractivity contribution in [3.8, 4) is 45.6 Å². The average molecular weight is 477 g/mol. The third-order valence-corrected chi connectivity index (χ3v) is 6.72. The molecule has 5 rings (SSSR count). The van der Waals surface area contributed by atoms with Gasteiger partial charge in [-0.15, -0.1) is 0 Å². The first-order valence-corrected chi connectivity index (χ1v) is 12.7. The Bertz CT molecular complexity index is 1330. The van der Waals surface area contributed by atoms with E-state index in [1.807, 2.05) is 36.4 Å². The van der Waals surface area contributed by atoms with Crippen LogP contribution in [0.4, 0.5) is 0 Å². The minimum atomic E-state index is 0.224. The molecular formula is C30H32N6. The van der Waals surface area contributed by atoms with Gasteiger partial charge in [0.15, 0.2) is 23.3 Å². The molecule has 2 unspecified atom stereocenters. The maximum atomic E-state index is 4.99. The molecule has 0 fully saturated rings. The second-order valence-electron chi connectivity index (χ2n) is 9.23. The SMILES string of the molecule is CCC(C)n1nc(-c2ccccc2)nc1-c1cccc(-c2nc(-c3ccccc3)nn2C(C)CC)c1. The van der Waals surface area contributed by atoms with E-state index in [4.69, 9.17) is 20.2 Å². The summed E-state index contributed by atoms with van der Waals surface area (Å²) in [7, 11) is 0. The van der Waals surface area contributed by atoms with Crippen molar-refractivity contribution in [1.29, 1.82) is 0 Å². The van der Waals surface area contributed by atoms with Crippen molar-refractivity contribution < 1.29 is 0 Å². The fourth-order valence-electron chi connectivity index (χ4n) is 4.22. The van der Waals surface area contributed by atoms with Gasteiger partial charge in [-0.2, -0.15) is 10.2 Å². The predicted octanol–water partition coefficient (Wildman–Crippen LogP) is 7.48. The van der Waals surface area contributed by atoms with Crippen LogP contribution < -0.4 is 0 Å². The molecule has 0 aliphatic carbocycles. The Morgan fingerprint density at radius 2 is 0.944 bits per heavy atom. The molecule has 0 N–H and O–H groups in total. The van der Waals surface area contributed by atoms with Crippen molar-refractivity contribution >= 4 is 0 Å². The molecular weight excluding hydrogens is 444 g/mol. The Morgan fingerprint density at radius 1 is 0.556 bits per heavy atom. The van der Waals surface area contributed by atoms with Crippen LogP contribution in [0.5, 0.6) is 0 Å². The molecule has 2 aromatic heterocycles. The Morgan fingerprint density at radius 3 is 1.33 bits per heavy atom. The van der Waals surface area contributed by atoms with Gasteiger partial charge in [-0.25, -0.2) is 19.3 Å². The summed E-state index contributed by atoms with van der Waals surface area (Å²) >= 11 is 0. The van der Waals surface area contributed by atoms with E-state index in [0.717, 1.165) is 58.4 Å². The minimum Gasteiger partial charge on any atom is -0.242 e. The monoisotopic (exact) mass is 476 g/mol. The normalized spacial score (nSPS) is 13.0. The summed E-state index contributed by atoms with van der Waals surface area (Å²) in [6.45, 7) is 8.72. The lowest BCUT2D eigenvalue weighted by Crippen LogP contribution is -2.09. The van der Waals surface area contributed by atoms with Gasteiger partial charge in [0.25, 0.3) is 0 Å². The molecule has 0 saturated heterocycles. The second kappa shape index (κ2) is 10.3. The van der Waals surface area contributed by atoms with Crippen LogP contribution in [0.1, 0.15) is 52.6 Å². The molecule has 6 nitrogen and oxygen atoms in total. The van der Waals surface area contributed by atoms with E-state index in [9.17, 15) is 0 Å². The minimum absolute atomic E-state index is 0.224. The van der Waals surface area contributed by atoms with E-state index in [1.165, 1.54) is 0 Å². The number of nitrogens with zero attached hydrogens (tertiary/aromatic N) is 6. The number of benzene rings is 3. The lowest BCUT2D eigenvalue weighted by molar-refractivity contribution is 0.482. The van der Waals surface area contributed by atoms with Gasteiger partial charge in [-0.3, -0.25) is 0 Å². The molecule has 182 valence electrons. The highest BCUT2D eigenvalue weighted by atomic mass is 15.4. The molecule has 0 radical (unpaired) electrons. The van der Waals surface area contributed by atoms with Gasteiger partial charge in [0.05, 0.1) is 12.1 Å². The van der Waals surface area contributed by atoms with Gasteiger partial charge in [-0.05, 0) is 32.8 Å². The third-order valence-electron chi connectivity index (χ3n) is 6.72. The van der Waals surface area contributed by atoms with Crippen molar-refractivity contribution in [3.63, 3.8) is 0 Å². The topological polar surface area (TPSA) is 61.4 Å². The molecule has 5 aromatic rings. The Hall–Kier alpha value is -4.06. The largest absolute Gasteiger partial charge is 0.242 e. The van der Waals surface area contributed by atoms with Crippen molar-refractivity contribution in [1.82, 2.24) is 29.5 Å². The number of hydrogen-bond acceptors (Lipinski definition) is 4. The van der Waals surface area contributed by atoms with Crippen molar-refractivity contribution in [2.45, 2.75) is 52.6 Å². The first-order valence-electron chi connectivity index (χ1n) is 12.7. The van der Waals surface area contributed by atoms with Crippen LogP contribution in [-0.4, -0.2) is 29.5 Å². The zero-order valence-electron chi connectivity index (χ0n) is 21.3. The number of hydrogen-bond donors (Lipinski definition) is 0. The van der Waals surface area contributed by atoms with Crippen LogP contribution >= 0.6 is 0 Å². The fraction of sp³-hybridized carbons (Fsp3) is 0.267. The van der Waals surface area contributed by atoms with E-state index in [0.29, 0.717) is 0 Å². The molecule has 36 heavy (non-hydrogen) atoms. The Kier molecular flexibility index (Phi) is 6.76. The summed E-state index contributed by atoms with van der Waals surface area (Å²) in [5.74, 6) is 3.21. The standard InChI is InChI=1S/C30H32N6/c1-5-21(3)35-29(31-27(33-35)23-14-9-7-10-15-23)25-18-13-19-26(20-25)30-32-28(24-16-11-8-12-17-24)34-36(30)22(4)6-2/h7-22H,5-6H2,1-4H3. The van der Waals surface area contributed by atoms with Gasteiger partial charge in [-0.1, -0.05) is 92.7 Å². The summed E-state index contributed by atoms with van der Waals surface area (Å²) in [6.07, 6.45) is 1.93. The van der Waals surface area contributed by atoms with E-state index in [1.54, 1.807) is 0 Å². The number of rotatable bonds is 8. The van der Waals surface area contributed by atoms with Gasteiger partial charge in [0.2, 0.25) is 0 Å². The Labute approximate surface area is 212 Å².